The first-order valence-electron chi connectivity index (χ1n) is 24.8. The third kappa shape index (κ3) is 15.2. The Morgan fingerprint density at radius 3 is 2.17 bits per heavy atom. The summed E-state index contributed by atoms with van der Waals surface area (Å²) in [5.74, 6) is -2.42. The number of hydrogen-bond acceptors (Lipinski definition) is 16. The van der Waals surface area contributed by atoms with Crippen molar-refractivity contribution in [3.05, 3.63) is 53.1 Å². The van der Waals surface area contributed by atoms with Crippen LogP contribution < -0.4 is 16.0 Å². The second-order valence-electron chi connectivity index (χ2n) is 19.4. The number of anilines is 1. The summed E-state index contributed by atoms with van der Waals surface area (Å²) in [5, 5.41) is 18.3. The van der Waals surface area contributed by atoms with Gasteiger partial charge in [-0.05, 0) is 81.4 Å². The number of nitrogens with zero attached hydrogens (tertiary/aromatic N) is 1. The van der Waals surface area contributed by atoms with E-state index in [-0.39, 0.29) is 90.5 Å². The number of cyclic esters (lactones) is 1. The van der Waals surface area contributed by atoms with Crippen molar-refractivity contribution in [3.63, 3.8) is 0 Å². The Kier molecular flexibility index (Phi) is 20.5. The molecule has 0 radical (unpaired) electrons. The number of aliphatic hydroxyl groups excluding tert-OH is 1. The summed E-state index contributed by atoms with van der Waals surface area (Å²) in [6.45, 7) is 12.2. The van der Waals surface area contributed by atoms with Gasteiger partial charge in [0.15, 0.2) is 0 Å². The number of imide groups is 2. The van der Waals surface area contributed by atoms with Gasteiger partial charge in [0.05, 0.1) is 95.1 Å². The van der Waals surface area contributed by atoms with Crippen LogP contribution >= 0.6 is 0 Å². The molecule has 386 valence electrons. The normalized spacial score (nSPS) is 25.5. The first-order chi connectivity index (χ1) is 33.6. The molecule has 1 aromatic rings. The molecule has 0 saturated carbocycles. The van der Waals surface area contributed by atoms with Crippen molar-refractivity contribution in [2.45, 2.75) is 110 Å². The molecule has 2 saturated heterocycles. The van der Waals surface area contributed by atoms with Gasteiger partial charge in [-0.1, -0.05) is 38.1 Å². The molecule has 5 aliphatic rings. The Labute approximate surface area is 410 Å². The Morgan fingerprint density at radius 1 is 0.857 bits per heavy atom. The number of benzene rings is 1. The molecule has 2 aliphatic carbocycles. The number of allylic oxidation sites excluding steroid dienone is 3. The lowest BCUT2D eigenvalue weighted by molar-refractivity contribution is -0.166. The van der Waals surface area contributed by atoms with Crippen molar-refractivity contribution in [3.8, 4) is 0 Å². The standard InChI is InChI=1S/C51H72N4O15/c1-32-28-34-9-8-33(2)37(11-10-36-30-35(56)31-44(59)69-36)45(34)41(29-32)70-50(63)51(3,4)15-14-42(57)53-17-19-65-21-23-67-25-27-68-26-24-66-22-20-64-18-16-52-39-7-5-6-38-46(39)49(62)55(48(38)61)40-12-13-43(58)54-47(40)60/h5-9,28,32-33,35-37,40-41,45,52,56H,10-27,29-31H2,1-4H3,(H,53,57)(H,54,58,60)/t32-,33-,35+,36+,37-,40?,41-,45-/m0/s1. The number of nitrogens with one attached hydrogen (secondary N) is 3. The molecule has 3 aliphatic heterocycles. The van der Waals surface area contributed by atoms with Crippen LogP contribution in [0.1, 0.15) is 106 Å². The molecule has 2 fully saturated rings. The summed E-state index contributed by atoms with van der Waals surface area (Å²) in [4.78, 5) is 89.4. The maximum absolute atomic E-state index is 13.7. The fourth-order valence-electron chi connectivity index (χ4n) is 9.72. The summed E-state index contributed by atoms with van der Waals surface area (Å²) < 4.78 is 39.7. The van der Waals surface area contributed by atoms with Gasteiger partial charge in [0.25, 0.3) is 11.8 Å². The zero-order valence-electron chi connectivity index (χ0n) is 41.0. The minimum absolute atomic E-state index is 0.0120. The maximum Gasteiger partial charge on any atom is 0.311 e. The molecule has 0 aromatic heterocycles. The lowest BCUT2D eigenvalue weighted by Gasteiger charge is -2.44. The number of rotatable bonds is 28. The molecule has 0 bridgehead atoms. The Balaban J connectivity index is 0.741. The second kappa shape index (κ2) is 26.4. The van der Waals surface area contributed by atoms with Crippen molar-refractivity contribution in [1.82, 2.24) is 15.5 Å². The van der Waals surface area contributed by atoms with Gasteiger partial charge in [-0.15, -0.1) is 0 Å². The van der Waals surface area contributed by atoms with E-state index in [0.717, 1.165) is 11.3 Å². The van der Waals surface area contributed by atoms with Crippen molar-refractivity contribution < 1.29 is 71.8 Å². The highest BCUT2D eigenvalue weighted by atomic mass is 16.6. The molecule has 3 heterocycles. The zero-order chi connectivity index (χ0) is 50.2. The van der Waals surface area contributed by atoms with E-state index in [2.05, 4.69) is 48.0 Å². The number of amides is 5. The molecular formula is C51H72N4O15. The Hall–Kier alpha value is -5.05. The monoisotopic (exact) mass is 980 g/mol. The highest BCUT2D eigenvalue weighted by Crippen LogP contribution is 2.46. The van der Waals surface area contributed by atoms with Crippen LogP contribution in [0.3, 0.4) is 0 Å². The van der Waals surface area contributed by atoms with Gasteiger partial charge in [0.2, 0.25) is 17.7 Å². The predicted molar refractivity (Wildman–Crippen MR) is 253 cm³/mol. The topological polar surface area (TPSA) is 244 Å². The number of aliphatic hydroxyl groups is 1. The van der Waals surface area contributed by atoms with Crippen molar-refractivity contribution in [2.75, 3.05) is 84.5 Å². The largest absolute Gasteiger partial charge is 0.462 e. The van der Waals surface area contributed by atoms with Crippen LogP contribution in [0, 0.1) is 29.1 Å². The fraction of sp³-hybridized carbons (Fsp3) is 0.667. The van der Waals surface area contributed by atoms with E-state index in [0.29, 0.717) is 111 Å². The quantitative estimate of drug-likeness (QED) is 0.0532. The highest BCUT2D eigenvalue weighted by molar-refractivity contribution is 6.25. The van der Waals surface area contributed by atoms with E-state index in [1.807, 2.05) is 13.8 Å². The molecule has 1 aromatic carbocycles. The van der Waals surface area contributed by atoms with Crippen LogP contribution in [0.2, 0.25) is 0 Å². The van der Waals surface area contributed by atoms with Gasteiger partial charge in [-0.2, -0.15) is 0 Å². The van der Waals surface area contributed by atoms with Crippen LogP contribution in [-0.4, -0.2) is 155 Å². The van der Waals surface area contributed by atoms with Crippen molar-refractivity contribution in [1.29, 1.82) is 0 Å². The van der Waals surface area contributed by atoms with Gasteiger partial charge in [-0.3, -0.25) is 43.8 Å². The van der Waals surface area contributed by atoms with Crippen molar-refractivity contribution in [2.24, 2.45) is 29.1 Å². The zero-order valence-corrected chi connectivity index (χ0v) is 41.0. The summed E-state index contributed by atoms with van der Waals surface area (Å²) in [7, 11) is 0. The molecule has 19 heteroatoms. The molecule has 19 nitrogen and oxygen atoms in total. The van der Waals surface area contributed by atoms with Gasteiger partial charge in [0.1, 0.15) is 18.2 Å². The summed E-state index contributed by atoms with van der Waals surface area (Å²) in [6, 6.07) is 3.86. The summed E-state index contributed by atoms with van der Waals surface area (Å²) in [5.41, 5.74) is 1.15. The molecule has 5 amide bonds. The fourth-order valence-corrected chi connectivity index (χ4v) is 9.72. The molecular weight excluding hydrogens is 909 g/mol. The molecule has 6 rings (SSSR count). The van der Waals surface area contributed by atoms with Crippen LogP contribution in [0.5, 0.6) is 0 Å². The molecule has 1 unspecified atom stereocenters. The third-order valence-electron chi connectivity index (χ3n) is 13.5. The maximum atomic E-state index is 13.7. The SMILES string of the molecule is C[C@H]1C=C2C=C[C@H](C)[C@H](CC[C@@H]3C[C@@H](O)CC(=O)O3)[C@H]2[C@@H](OC(=O)C(C)(C)CCC(=O)NCCOCCOCCOCCOCCOCCNc2cccc3c2C(=O)N(C2CCC(=O)NC2=O)C3=O)C1. The molecule has 0 spiro atoms. The molecule has 4 N–H and O–H groups in total. The van der Waals surface area contributed by atoms with Crippen LogP contribution in [0.4, 0.5) is 5.69 Å². The average molecular weight is 981 g/mol. The molecule has 70 heavy (non-hydrogen) atoms. The minimum atomic E-state index is -1.03. The first kappa shape index (κ1) is 54.3. The van der Waals surface area contributed by atoms with Gasteiger partial charge < -0.3 is 48.9 Å². The smallest absolute Gasteiger partial charge is 0.311 e. The van der Waals surface area contributed by atoms with Crippen LogP contribution in [-0.2, 0) is 57.1 Å². The summed E-state index contributed by atoms with van der Waals surface area (Å²) in [6.07, 6.45) is 8.54. The van der Waals surface area contributed by atoms with Crippen LogP contribution in [0.15, 0.2) is 42.0 Å². The Morgan fingerprint density at radius 2 is 1.51 bits per heavy atom. The number of esters is 2. The molecule has 8 atom stereocenters. The van der Waals surface area contributed by atoms with E-state index in [9.17, 15) is 38.7 Å². The van der Waals surface area contributed by atoms with E-state index >= 15 is 0 Å². The van der Waals surface area contributed by atoms with E-state index in [1.54, 1.807) is 18.2 Å². The Bertz CT molecular complexity index is 2070. The number of ether oxygens (including phenoxy) is 7. The number of carbonyl (C=O) groups is 7. The third-order valence-corrected chi connectivity index (χ3v) is 13.5. The van der Waals surface area contributed by atoms with Crippen molar-refractivity contribution >= 4 is 47.2 Å². The number of fused-ring (bicyclic) bond motifs is 2. The van der Waals surface area contributed by atoms with Gasteiger partial charge >= 0.3 is 11.9 Å². The lowest BCUT2D eigenvalue weighted by atomic mass is 9.65. The number of hydrogen-bond donors (Lipinski definition) is 4. The van der Waals surface area contributed by atoms with E-state index in [1.165, 1.54) is 5.57 Å². The highest BCUT2D eigenvalue weighted by Gasteiger charge is 2.46. The predicted octanol–water partition coefficient (Wildman–Crippen LogP) is 3.67. The first-order valence-corrected chi connectivity index (χ1v) is 24.8. The summed E-state index contributed by atoms with van der Waals surface area (Å²) >= 11 is 0. The van der Waals surface area contributed by atoms with Crippen LogP contribution in [0.25, 0.3) is 0 Å². The van der Waals surface area contributed by atoms with E-state index in [4.69, 9.17) is 33.2 Å². The van der Waals surface area contributed by atoms with E-state index < -0.39 is 41.2 Å². The number of piperidine rings is 1. The average Bonchev–Trinajstić information content (AvgIpc) is 3.57. The lowest BCUT2D eigenvalue weighted by Crippen LogP contribution is -2.54. The number of carbonyl (C=O) groups excluding carboxylic acids is 7. The minimum Gasteiger partial charge on any atom is -0.462 e. The second-order valence-corrected chi connectivity index (χ2v) is 19.4. The van der Waals surface area contributed by atoms with Gasteiger partial charge in [-0.25, -0.2) is 0 Å². The van der Waals surface area contributed by atoms with Gasteiger partial charge in [0, 0.05) is 44.0 Å².